The summed E-state index contributed by atoms with van der Waals surface area (Å²) in [7, 11) is 1.65. The van der Waals surface area contributed by atoms with Crippen molar-refractivity contribution >= 4 is 5.69 Å². The molecule has 0 aromatic heterocycles. The van der Waals surface area contributed by atoms with Gasteiger partial charge in [0.05, 0.1) is 13.7 Å². The van der Waals surface area contributed by atoms with Crippen LogP contribution in [0.5, 0.6) is 17.2 Å². The molecule has 24 heavy (non-hydrogen) atoms. The van der Waals surface area contributed by atoms with E-state index in [0.29, 0.717) is 12.5 Å². The summed E-state index contributed by atoms with van der Waals surface area (Å²) in [4.78, 5) is 0. The molecule has 0 amide bonds. The Morgan fingerprint density at radius 1 is 0.875 bits per heavy atom. The van der Waals surface area contributed by atoms with Crippen LogP contribution in [0.25, 0.3) is 0 Å². The van der Waals surface area contributed by atoms with Crippen molar-refractivity contribution in [2.45, 2.75) is 20.3 Å². The van der Waals surface area contributed by atoms with Crippen molar-refractivity contribution in [3.8, 4) is 17.2 Å². The molecule has 2 aromatic rings. The van der Waals surface area contributed by atoms with Crippen LogP contribution >= 0.6 is 0 Å². The minimum atomic E-state index is 0.588. The zero-order chi connectivity index (χ0) is 17.2. The van der Waals surface area contributed by atoms with Gasteiger partial charge in [-0.15, -0.1) is 0 Å². The van der Waals surface area contributed by atoms with Crippen LogP contribution in [0.2, 0.25) is 0 Å². The molecule has 0 radical (unpaired) electrons. The van der Waals surface area contributed by atoms with Gasteiger partial charge in [-0.2, -0.15) is 0 Å². The zero-order valence-electron chi connectivity index (χ0n) is 14.7. The first-order chi connectivity index (χ1) is 11.7. The average molecular weight is 329 g/mol. The molecule has 0 saturated carbocycles. The van der Waals surface area contributed by atoms with Gasteiger partial charge < -0.3 is 19.5 Å². The van der Waals surface area contributed by atoms with Crippen molar-refractivity contribution in [1.29, 1.82) is 0 Å². The fourth-order valence-corrected chi connectivity index (χ4v) is 2.14. The maximum Gasteiger partial charge on any atom is 0.121 e. The van der Waals surface area contributed by atoms with Crippen molar-refractivity contribution in [2.75, 3.05) is 32.2 Å². The van der Waals surface area contributed by atoms with E-state index in [9.17, 15) is 0 Å². The van der Waals surface area contributed by atoms with Gasteiger partial charge in [0.2, 0.25) is 0 Å². The van der Waals surface area contributed by atoms with Gasteiger partial charge in [-0.05, 0) is 48.7 Å². The topological polar surface area (TPSA) is 39.7 Å². The number of ether oxygens (including phenoxy) is 3. The van der Waals surface area contributed by atoms with Gasteiger partial charge >= 0.3 is 0 Å². The van der Waals surface area contributed by atoms with E-state index in [1.54, 1.807) is 7.11 Å². The maximum atomic E-state index is 5.77. The van der Waals surface area contributed by atoms with E-state index in [0.717, 1.165) is 42.5 Å². The summed E-state index contributed by atoms with van der Waals surface area (Å²) < 4.78 is 16.6. The Kier molecular flexibility index (Phi) is 7.27. The Labute approximate surface area is 144 Å². The molecule has 2 aromatic carbocycles. The van der Waals surface area contributed by atoms with E-state index in [-0.39, 0.29) is 0 Å². The number of methoxy groups -OCH3 is 1. The molecular weight excluding hydrogens is 302 g/mol. The number of benzene rings is 2. The van der Waals surface area contributed by atoms with Crippen molar-refractivity contribution in [3.63, 3.8) is 0 Å². The second-order valence-corrected chi connectivity index (χ2v) is 6.01. The lowest BCUT2D eigenvalue weighted by Crippen LogP contribution is -2.11. The van der Waals surface area contributed by atoms with Crippen LogP contribution in [0.1, 0.15) is 20.3 Å². The zero-order valence-corrected chi connectivity index (χ0v) is 14.7. The van der Waals surface area contributed by atoms with E-state index >= 15 is 0 Å². The van der Waals surface area contributed by atoms with Gasteiger partial charge in [-0.1, -0.05) is 19.9 Å². The van der Waals surface area contributed by atoms with Gasteiger partial charge in [0.25, 0.3) is 0 Å². The predicted octanol–water partition coefficient (Wildman–Crippen LogP) is 4.61. The highest BCUT2D eigenvalue weighted by atomic mass is 16.5. The lowest BCUT2D eigenvalue weighted by molar-refractivity contribution is 0.289. The number of hydrogen-bond acceptors (Lipinski definition) is 4. The lowest BCUT2D eigenvalue weighted by atomic mass is 10.1. The second kappa shape index (κ2) is 9.71. The van der Waals surface area contributed by atoms with Crippen molar-refractivity contribution in [1.82, 2.24) is 0 Å². The van der Waals surface area contributed by atoms with Crippen LogP contribution in [0.15, 0.2) is 48.5 Å². The largest absolute Gasteiger partial charge is 0.497 e. The third-order valence-electron chi connectivity index (χ3n) is 3.56. The molecule has 0 bridgehead atoms. The first-order valence-electron chi connectivity index (χ1n) is 8.41. The van der Waals surface area contributed by atoms with Crippen LogP contribution in [0.3, 0.4) is 0 Å². The number of hydrogen-bond donors (Lipinski definition) is 1. The number of anilines is 1. The minimum Gasteiger partial charge on any atom is -0.497 e. The van der Waals surface area contributed by atoms with Crippen molar-refractivity contribution < 1.29 is 14.2 Å². The fraction of sp³-hybridized carbons (Fsp3) is 0.400. The molecule has 4 heteroatoms. The minimum absolute atomic E-state index is 0.588. The Bertz CT molecular complexity index is 596. The first-order valence-corrected chi connectivity index (χ1v) is 8.41. The molecule has 0 aliphatic heterocycles. The predicted molar refractivity (Wildman–Crippen MR) is 98.4 cm³/mol. The Morgan fingerprint density at radius 3 is 2.29 bits per heavy atom. The van der Waals surface area contributed by atoms with Crippen LogP contribution in [0.4, 0.5) is 5.69 Å². The summed E-state index contributed by atoms with van der Waals surface area (Å²) in [5.41, 5.74) is 1.04. The molecule has 0 spiro atoms. The highest BCUT2D eigenvalue weighted by Gasteiger charge is 1.99. The highest BCUT2D eigenvalue weighted by Crippen LogP contribution is 2.19. The quantitative estimate of drug-likeness (QED) is 0.646. The lowest BCUT2D eigenvalue weighted by Gasteiger charge is -2.11. The summed E-state index contributed by atoms with van der Waals surface area (Å²) in [5.74, 6) is 3.22. The molecule has 0 saturated heterocycles. The molecule has 2 rings (SSSR count). The SMILES string of the molecule is COc1ccc(OCCNc2cccc(OCCC(C)C)c2)cc1. The molecule has 0 unspecified atom stereocenters. The molecule has 1 N–H and O–H groups in total. The van der Waals surface area contributed by atoms with Gasteiger partial charge in [0.1, 0.15) is 23.9 Å². The summed E-state index contributed by atoms with van der Waals surface area (Å²) in [6.45, 7) is 6.46. The standard InChI is InChI=1S/C20H27NO3/c1-16(2)11-13-23-20-6-4-5-17(15-20)21-12-14-24-19-9-7-18(22-3)8-10-19/h4-10,15-16,21H,11-14H2,1-3H3. The molecule has 0 fully saturated rings. The Balaban J connectivity index is 1.71. The monoisotopic (exact) mass is 329 g/mol. The van der Waals surface area contributed by atoms with Gasteiger partial charge in [-0.3, -0.25) is 0 Å². The van der Waals surface area contributed by atoms with Crippen LogP contribution < -0.4 is 19.5 Å². The van der Waals surface area contributed by atoms with E-state index in [1.807, 2.05) is 48.5 Å². The van der Waals surface area contributed by atoms with Crippen LogP contribution in [-0.2, 0) is 0 Å². The normalized spacial score (nSPS) is 10.5. The number of rotatable bonds is 10. The van der Waals surface area contributed by atoms with Gasteiger partial charge in [-0.25, -0.2) is 0 Å². The number of nitrogens with one attached hydrogen (secondary N) is 1. The third kappa shape index (κ3) is 6.41. The second-order valence-electron chi connectivity index (χ2n) is 6.01. The third-order valence-corrected chi connectivity index (χ3v) is 3.56. The van der Waals surface area contributed by atoms with E-state index in [2.05, 4.69) is 19.2 Å². The van der Waals surface area contributed by atoms with Crippen molar-refractivity contribution in [3.05, 3.63) is 48.5 Å². The van der Waals surface area contributed by atoms with E-state index in [1.165, 1.54) is 0 Å². The smallest absolute Gasteiger partial charge is 0.121 e. The summed E-state index contributed by atoms with van der Waals surface area (Å²) >= 11 is 0. The summed E-state index contributed by atoms with van der Waals surface area (Å²) in [6, 6.07) is 15.6. The van der Waals surface area contributed by atoms with E-state index in [4.69, 9.17) is 14.2 Å². The van der Waals surface area contributed by atoms with Gasteiger partial charge in [0.15, 0.2) is 0 Å². The highest BCUT2D eigenvalue weighted by molar-refractivity contribution is 5.48. The Hall–Kier alpha value is -2.36. The van der Waals surface area contributed by atoms with Crippen LogP contribution in [-0.4, -0.2) is 26.9 Å². The molecule has 0 heterocycles. The van der Waals surface area contributed by atoms with Crippen molar-refractivity contribution in [2.24, 2.45) is 5.92 Å². The fourth-order valence-electron chi connectivity index (χ4n) is 2.14. The Morgan fingerprint density at radius 2 is 1.58 bits per heavy atom. The molecular formula is C20H27NO3. The average Bonchev–Trinajstić information content (AvgIpc) is 2.59. The molecule has 0 atom stereocenters. The summed E-state index contributed by atoms with van der Waals surface area (Å²) in [5, 5.41) is 3.35. The maximum absolute atomic E-state index is 5.77. The molecule has 0 aliphatic carbocycles. The summed E-state index contributed by atoms with van der Waals surface area (Å²) in [6.07, 6.45) is 1.06. The van der Waals surface area contributed by atoms with Gasteiger partial charge in [0, 0.05) is 18.3 Å². The molecule has 130 valence electrons. The first kappa shape index (κ1) is 18.0. The molecule has 0 aliphatic rings. The van der Waals surface area contributed by atoms with Crippen LogP contribution in [0, 0.1) is 5.92 Å². The molecule has 4 nitrogen and oxygen atoms in total. The van der Waals surface area contributed by atoms with E-state index < -0.39 is 0 Å².